The molecule has 1 saturated heterocycles. The van der Waals surface area contributed by atoms with Crippen molar-refractivity contribution < 1.29 is 4.79 Å². The molecule has 98 valence electrons. The Morgan fingerprint density at radius 1 is 1.44 bits per heavy atom. The molecule has 1 heterocycles. The maximum atomic E-state index is 12.2. The third-order valence-corrected chi connectivity index (χ3v) is 4.12. The van der Waals surface area contributed by atoms with Crippen LogP contribution in [-0.4, -0.2) is 18.0 Å². The third-order valence-electron chi connectivity index (χ3n) is 3.59. The lowest BCUT2D eigenvalue weighted by atomic mass is 9.98. The van der Waals surface area contributed by atoms with Gasteiger partial charge in [0.2, 0.25) is 5.91 Å². The monoisotopic (exact) mass is 310 g/mol. The molecule has 1 aliphatic rings. The minimum Gasteiger partial charge on any atom is -0.348 e. The number of halogens is 1. The number of carbonyl (C=O) groups excluding carboxylic acids is 1. The van der Waals surface area contributed by atoms with E-state index in [4.69, 9.17) is 0 Å². The van der Waals surface area contributed by atoms with Crippen LogP contribution in [0.2, 0.25) is 0 Å². The Morgan fingerprint density at radius 3 is 2.67 bits per heavy atom. The van der Waals surface area contributed by atoms with E-state index in [9.17, 15) is 4.79 Å². The summed E-state index contributed by atoms with van der Waals surface area (Å²) < 4.78 is 1.05. The number of hydrogen-bond acceptors (Lipinski definition) is 2. The Hall–Kier alpha value is -0.870. The molecule has 0 spiro atoms. The van der Waals surface area contributed by atoms with Crippen LogP contribution in [0.4, 0.5) is 0 Å². The molecule has 0 bridgehead atoms. The van der Waals surface area contributed by atoms with Gasteiger partial charge in [0.15, 0.2) is 0 Å². The molecule has 2 atom stereocenters. The fourth-order valence-corrected chi connectivity index (χ4v) is 2.54. The van der Waals surface area contributed by atoms with Crippen molar-refractivity contribution >= 4 is 21.8 Å². The summed E-state index contributed by atoms with van der Waals surface area (Å²) >= 11 is 3.41. The van der Waals surface area contributed by atoms with Gasteiger partial charge in [-0.2, -0.15) is 0 Å². The lowest BCUT2D eigenvalue weighted by Crippen LogP contribution is -2.51. The molecule has 3 nitrogen and oxygen atoms in total. The van der Waals surface area contributed by atoms with E-state index < -0.39 is 5.54 Å². The largest absolute Gasteiger partial charge is 0.348 e. The molecule has 1 aliphatic heterocycles. The Balaban J connectivity index is 2.00. The van der Waals surface area contributed by atoms with Crippen LogP contribution in [0.3, 0.4) is 0 Å². The van der Waals surface area contributed by atoms with Gasteiger partial charge < -0.3 is 10.6 Å². The van der Waals surface area contributed by atoms with Gasteiger partial charge in [0.1, 0.15) is 0 Å². The average Bonchev–Trinajstić information content (AvgIpc) is 2.78. The van der Waals surface area contributed by atoms with Gasteiger partial charge in [0.25, 0.3) is 0 Å². The van der Waals surface area contributed by atoms with Crippen LogP contribution in [-0.2, 0) is 4.79 Å². The smallest absolute Gasteiger partial charge is 0.240 e. The molecule has 1 amide bonds. The van der Waals surface area contributed by atoms with Crippen molar-refractivity contribution in [1.82, 2.24) is 10.6 Å². The van der Waals surface area contributed by atoms with Gasteiger partial charge >= 0.3 is 0 Å². The van der Waals surface area contributed by atoms with Gasteiger partial charge in [-0.15, -0.1) is 0 Å². The van der Waals surface area contributed by atoms with E-state index in [1.807, 2.05) is 38.1 Å². The summed E-state index contributed by atoms with van der Waals surface area (Å²) in [6, 6.07) is 8.07. The molecule has 1 aromatic carbocycles. The Morgan fingerprint density at radius 2 is 2.11 bits per heavy atom. The second-order valence-electron chi connectivity index (χ2n) is 5.11. The molecule has 18 heavy (non-hydrogen) atoms. The molecular formula is C14H19BrN2O. The molecule has 1 aromatic rings. The summed E-state index contributed by atoms with van der Waals surface area (Å²) in [4.78, 5) is 12.2. The van der Waals surface area contributed by atoms with E-state index in [0.29, 0.717) is 0 Å². The fourth-order valence-electron chi connectivity index (χ4n) is 2.28. The molecule has 4 heteroatoms. The lowest BCUT2D eigenvalue weighted by molar-refractivity contribution is -0.127. The standard InChI is InChI=1S/C14H19BrN2O/c1-10(11-4-6-12(15)7-5-11)17-13(18)14(2)8-3-9-16-14/h4-7,10,16H,3,8-9H2,1-2H3,(H,17,18)/t10-,14?/m0/s1. The van der Waals surface area contributed by atoms with Gasteiger partial charge in [-0.05, 0) is 50.9 Å². The van der Waals surface area contributed by atoms with Crippen molar-refractivity contribution in [3.63, 3.8) is 0 Å². The number of rotatable bonds is 3. The summed E-state index contributed by atoms with van der Waals surface area (Å²) in [7, 11) is 0. The van der Waals surface area contributed by atoms with E-state index >= 15 is 0 Å². The average molecular weight is 311 g/mol. The molecule has 2 rings (SSSR count). The topological polar surface area (TPSA) is 41.1 Å². The van der Waals surface area contributed by atoms with Gasteiger partial charge in [0.05, 0.1) is 11.6 Å². The number of hydrogen-bond donors (Lipinski definition) is 2. The first-order chi connectivity index (χ1) is 8.51. The van der Waals surface area contributed by atoms with E-state index in [-0.39, 0.29) is 11.9 Å². The number of benzene rings is 1. The Labute approximate surface area is 116 Å². The number of nitrogens with one attached hydrogen (secondary N) is 2. The summed E-state index contributed by atoms with van der Waals surface area (Å²) in [5.74, 6) is 0.0930. The second-order valence-corrected chi connectivity index (χ2v) is 6.02. The molecule has 2 N–H and O–H groups in total. The Kier molecular flexibility index (Phi) is 4.07. The highest BCUT2D eigenvalue weighted by atomic mass is 79.9. The first kappa shape index (κ1) is 13.6. The van der Waals surface area contributed by atoms with Crippen LogP contribution >= 0.6 is 15.9 Å². The van der Waals surface area contributed by atoms with Crippen LogP contribution in [0.1, 0.15) is 38.3 Å². The molecule has 0 saturated carbocycles. The lowest BCUT2D eigenvalue weighted by Gasteiger charge is -2.26. The van der Waals surface area contributed by atoms with Crippen LogP contribution in [0.5, 0.6) is 0 Å². The second kappa shape index (κ2) is 5.41. The zero-order chi connectivity index (χ0) is 13.2. The van der Waals surface area contributed by atoms with Crippen molar-refractivity contribution in [1.29, 1.82) is 0 Å². The van der Waals surface area contributed by atoms with E-state index in [1.54, 1.807) is 0 Å². The van der Waals surface area contributed by atoms with Gasteiger partial charge in [-0.3, -0.25) is 4.79 Å². The van der Waals surface area contributed by atoms with Crippen molar-refractivity contribution in [2.75, 3.05) is 6.54 Å². The first-order valence-electron chi connectivity index (χ1n) is 6.33. The molecule has 1 fully saturated rings. The molecular weight excluding hydrogens is 292 g/mol. The summed E-state index contributed by atoms with van der Waals surface area (Å²) in [6.45, 7) is 4.92. The predicted octanol–water partition coefficient (Wildman–Crippen LogP) is 2.77. The van der Waals surface area contributed by atoms with Crippen LogP contribution in [0.15, 0.2) is 28.7 Å². The minimum atomic E-state index is -0.399. The van der Waals surface area contributed by atoms with Gasteiger partial charge in [0, 0.05) is 4.47 Å². The molecule has 0 aromatic heterocycles. The molecule has 0 radical (unpaired) electrons. The highest BCUT2D eigenvalue weighted by Crippen LogP contribution is 2.21. The van der Waals surface area contributed by atoms with E-state index in [1.165, 1.54) is 0 Å². The summed E-state index contributed by atoms with van der Waals surface area (Å²) in [5, 5.41) is 6.36. The predicted molar refractivity (Wildman–Crippen MR) is 76.3 cm³/mol. The normalized spacial score (nSPS) is 24.8. The van der Waals surface area contributed by atoms with Gasteiger partial charge in [-0.1, -0.05) is 28.1 Å². The number of amides is 1. The van der Waals surface area contributed by atoms with Crippen molar-refractivity contribution in [2.45, 2.75) is 38.3 Å². The van der Waals surface area contributed by atoms with Crippen molar-refractivity contribution in [3.8, 4) is 0 Å². The van der Waals surface area contributed by atoms with Gasteiger partial charge in [-0.25, -0.2) is 0 Å². The van der Waals surface area contributed by atoms with E-state index in [2.05, 4.69) is 26.6 Å². The highest BCUT2D eigenvalue weighted by molar-refractivity contribution is 9.10. The molecule has 1 unspecified atom stereocenters. The fraction of sp³-hybridized carbons (Fsp3) is 0.500. The quantitative estimate of drug-likeness (QED) is 0.901. The zero-order valence-electron chi connectivity index (χ0n) is 10.8. The molecule has 0 aliphatic carbocycles. The summed E-state index contributed by atoms with van der Waals surface area (Å²) in [6.07, 6.45) is 1.97. The maximum Gasteiger partial charge on any atom is 0.240 e. The minimum absolute atomic E-state index is 0.0322. The third kappa shape index (κ3) is 2.93. The first-order valence-corrected chi connectivity index (χ1v) is 7.12. The summed E-state index contributed by atoms with van der Waals surface area (Å²) in [5.41, 5.74) is 0.719. The SMILES string of the molecule is C[C@H](NC(=O)C1(C)CCCN1)c1ccc(Br)cc1. The van der Waals surface area contributed by atoms with Crippen molar-refractivity contribution in [3.05, 3.63) is 34.3 Å². The number of carbonyl (C=O) groups is 1. The maximum absolute atomic E-state index is 12.2. The van der Waals surface area contributed by atoms with Crippen LogP contribution in [0.25, 0.3) is 0 Å². The van der Waals surface area contributed by atoms with Crippen LogP contribution < -0.4 is 10.6 Å². The van der Waals surface area contributed by atoms with Crippen molar-refractivity contribution in [2.24, 2.45) is 0 Å². The van der Waals surface area contributed by atoms with Crippen LogP contribution in [0, 0.1) is 0 Å². The highest BCUT2D eigenvalue weighted by Gasteiger charge is 2.36. The zero-order valence-corrected chi connectivity index (χ0v) is 12.4. The Bertz CT molecular complexity index is 424. The van der Waals surface area contributed by atoms with E-state index in [0.717, 1.165) is 29.4 Å².